The summed E-state index contributed by atoms with van der Waals surface area (Å²) in [5.41, 5.74) is 6.91. The smallest absolute Gasteiger partial charge is 0.217 e. The number of primary amides is 1. The molecule has 0 saturated heterocycles. The van der Waals surface area contributed by atoms with Gasteiger partial charge < -0.3 is 10.3 Å². The van der Waals surface area contributed by atoms with Crippen molar-refractivity contribution >= 4 is 40.1 Å². The molecule has 4 nitrogen and oxygen atoms in total. The maximum atomic E-state index is 10.8. The molecule has 0 aliphatic carbocycles. The second kappa shape index (κ2) is 6.26. The van der Waals surface area contributed by atoms with Gasteiger partial charge in [-0.1, -0.05) is 17.7 Å². The summed E-state index contributed by atoms with van der Waals surface area (Å²) in [5, 5.41) is 0.657. The van der Waals surface area contributed by atoms with Crippen LogP contribution in [0.15, 0.2) is 18.2 Å². The van der Waals surface area contributed by atoms with Gasteiger partial charge in [-0.25, -0.2) is 4.98 Å². The molecule has 0 fully saturated rings. The van der Waals surface area contributed by atoms with E-state index in [-0.39, 0.29) is 5.91 Å². The molecule has 0 atom stereocenters. The average molecular weight is 300 g/mol. The van der Waals surface area contributed by atoms with Gasteiger partial charge in [-0.3, -0.25) is 4.79 Å². The van der Waals surface area contributed by atoms with E-state index in [0.29, 0.717) is 36.7 Å². The normalized spacial score (nSPS) is 11.1. The first kappa shape index (κ1) is 14.2. The molecule has 1 heterocycles. The first-order valence-electron chi connectivity index (χ1n) is 6.11. The average Bonchev–Trinajstić information content (AvgIpc) is 2.69. The first-order chi connectivity index (χ1) is 9.13. The summed E-state index contributed by atoms with van der Waals surface area (Å²) in [4.78, 5) is 15.4. The minimum Gasteiger partial charge on any atom is -0.370 e. The van der Waals surface area contributed by atoms with E-state index in [9.17, 15) is 4.79 Å². The molecule has 0 aliphatic heterocycles. The van der Waals surface area contributed by atoms with Gasteiger partial charge in [-0.2, -0.15) is 0 Å². The molecule has 0 bridgehead atoms. The fourth-order valence-electron chi connectivity index (χ4n) is 2.12. The number of para-hydroxylation sites is 1. The second-order valence-electron chi connectivity index (χ2n) is 4.30. The molecular weight excluding hydrogens is 285 g/mol. The van der Waals surface area contributed by atoms with Gasteiger partial charge in [0.25, 0.3) is 0 Å². The maximum absolute atomic E-state index is 10.8. The third kappa shape index (κ3) is 3.19. The molecule has 1 aromatic carbocycles. The number of rotatable bonds is 6. The van der Waals surface area contributed by atoms with Crippen LogP contribution in [0.2, 0.25) is 5.02 Å². The second-order valence-corrected chi connectivity index (χ2v) is 5.08. The van der Waals surface area contributed by atoms with Gasteiger partial charge >= 0.3 is 0 Å². The van der Waals surface area contributed by atoms with Crippen LogP contribution in [0.3, 0.4) is 0 Å². The molecule has 0 radical (unpaired) electrons. The lowest BCUT2D eigenvalue weighted by Gasteiger charge is -2.08. The SMILES string of the molecule is NC(=O)CCCn1c(CCCl)nc2cccc(Cl)c21. The third-order valence-electron chi connectivity index (χ3n) is 2.92. The number of benzene rings is 1. The number of aromatic nitrogens is 2. The van der Waals surface area contributed by atoms with E-state index in [4.69, 9.17) is 28.9 Å². The highest BCUT2D eigenvalue weighted by atomic mass is 35.5. The van der Waals surface area contributed by atoms with Crippen LogP contribution in [0.4, 0.5) is 0 Å². The summed E-state index contributed by atoms with van der Waals surface area (Å²) >= 11 is 12.0. The number of carbonyl (C=O) groups excluding carboxylic acids is 1. The Morgan fingerprint density at radius 1 is 1.42 bits per heavy atom. The van der Waals surface area contributed by atoms with Crippen LogP contribution in [0.25, 0.3) is 11.0 Å². The maximum Gasteiger partial charge on any atom is 0.217 e. The van der Waals surface area contributed by atoms with Crippen LogP contribution < -0.4 is 5.73 Å². The van der Waals surface area contributed by atoms with Gasteiger partial charge in [0, 0.05) is 25.3 Å². The molecule has 2 N–H and O–H groups in total. The molecule has 2 rings (SSSR count). The number of carbonyl (C=O) groups is 1. The van der Waals surface area contributed by atoms with E-state index < -0.39 is 0 Å². The molecule has 0 aliphatic rings. The molecule has 0 spiro atoms. The summed E-state index contributed by atoms with van der Waals surface area (Å²) in [7, 11) is 0. The monoisotopic (exact) mass is 299 g/mol. The number of amides is 1. The van der Waals surface area contributed by atoms with Crippen LogP contribution >= 0.6 is 23.2 Å². The Morgan fingerprint density at radius 3 is 2.89 bits per heavy atom. The Bertz CT molecular complexity index is 595. The lowest BCUT2D eigenvalue weighted by Crippen LogP contribution is -2.12. The highest BCUT2D eigenvalue weighted by Crippen LogP contribution is 2.25. The van der Waals surface area contributed by atoms with Crippen molar-refractivity contribution in [1.82, 2.24) is 9.55 Å². The van der Waals surface area contributed by atoms with E-state index in [1.807, 2.05) is 22.8 Å². The van der Waals surface area contributed by atoms with Crippen molar-refractivity contribution in [2.24, 2.45) is 5.73 Å². The Labute approximate surface area is 121 Å². The zero-order valence-corrected chi connectivity index (χ0v) is 11.9. The van der Waals surface area contributed by atoms with Gasteiger partial charge in [-0.05, 0) is 18.6 Å². The van der Waals surface area contributed by atoms with Crippen molar-refractivity contribution in [1.29, 1.82) is 0 Å². The van der Waals surface area contributed by atoms with Crippen molar-refractivity contribution in [2.75, 3.05) is 5.88 Å². The van der Waals surface area contributed by atoms with Crippen molar-refractivity contribution in [3.05, 3.63) is 29.0 Å². The summed E-state index contributed by atoms with van der Waals surface area (Å²) in [6, 6.07) is 5.63. The molecule has 102 valence electrons. The zero-order valence-electron chi connectivity index (χ0n) is 10.4. The van der Waals surface area contributed by atoms with E-state index in [0.717, 1.165) is 16.9 Å². The molecule has 1 aromatic heterocycles. The number of aryl methyl sites for hydroxylation is 2. The number of fused-ring (bicyclic) bond motifs is 1. The minimum atomic E-state index is -0.297. The minimum absolute atomic E-state index is 0.297. The molecule has 2 aromatic rings. The van der Waals surface area contributed by atoms with Gasteiger partial charge in [0.15, 0.2) is 0 Å². The molecule has 0 unspecified atom stereocenters. The number of hydrogen-bond donors (Lipinski definition) is 1. The van der Waals surface area contributed by atoms with Gasteiger partial charge in [0.05, 0.1) is 16.1 Å². The molecule has 0 saturated carbocycles. The zero-order chi connectivity index (χ0) is 13.8. The number of nitrogens with zero attached hydrogens (tertiary/aromatic N) is 2. The topological polar surface area (TPSA) is 60.9 Å². The Morgan fingerprint density at radius 2 is 2.21 bits per heavy atom. The summed E-state index contributed by atoms with van der Waals surface area (Å²) < 4.78 is 2.03. The van der Waals surface area contributed by atoms with E-state index in [2.05, 4.69) is 4.98 Å². The summed E-state index contributed by atoms with van der Waals surface area (Å²) in [6.45, 7) is 0.662. The van der Waals surface area contributed by atoms with Crippen LogP contribution in [0.5, 0.6) is 0 Å². The highest BCUT2D eigenvalue weighted by Gasteiger charge is 2.12. The van der Waals surface area contributed by atoms with Crippen LogP contribution in [0.1, 0.15) is 18.7 Å². The van der Waals surface area contributed by atoms with E-state index >= 15 is 0 Å². The van der Waals surface area contributed by atoms with Crippen molar-refractivity contribution in [2.45, 2.75) is 25.8 Å². The largest absolute Gasteiger partial charge is 0.370 e. The predicted molar refractivity (Wildman–Crippen MR) is 77.6 cm³/mol. The molecule has 19 heavy (non-hydrogen) atoms. The van der Waals surface area contributed by atoms with Gasteiger partial charge in [0.1, 0.15) is 5.82 Å². The van der Waals surface area contributed by atoms with Gasteiger partial charge in [0.2, 0.25) is 5.91 Å². The first-order valence-corrected chi connectivity index (χ1v) is 7.02. The molecular formula is C13H15Cl2N3O. The number of hydrogen-bond acceptors (Lipinski definition) is 2. The lowest BCUT2D eigenvalue weighted by molar-refractivity contribution is -0.118. The highest BCUT2D eigenvalue weighted by molar-refractivity contribution is 6.35. The number of imidazole rings is 1. The van der Waals surface area contributed by atoms with Crippen LogP contribution in [-0.4, -0.2) is 21.3 Å². The number of alkyl halides is 1. The van der Waals surface area contributed by atoms with Crippen molar-refractivity contribution in [3.63, 3.8) is 0 Å². The number of nitrogens with two attached hydrogens (primary N) is 1. The van der Waals surface area contributed by atoms with Gasteiger partial charge in [-0.15, -0.1) is 11.6 Å². The standard InChI is InChI=1S/C13H15Cl2N3O/c14-7-6-12-17-10-4-1-3-9(15)13(10)18(12)8-2-5-11(16)19/h1,3-4H,2,5-8H2,(H2,16,19). The summed E-state index contributed by atoms with van der Waals surface area (Å²) in [5.74, 6) is 1.09. The quantitative estimate of drug-likeness (QED) is 0.834. The van der Waals surface area contributed by atoms with Crippen molar-refractivity contribution in [3.8, 4) is 0 Å². The van der Waals surface area contributed by atoms with Crippen LogP contribution in [0, 0.1) is 0 Å². The third-order valence-corrected chi connectivity index (χ3v) is 3.41. The summed E-state index contributed by atoms with van der Waals surface area (Å²) in [6.07, 6.45) is 1.69. The Kier molecular flexibility index (Phi) is 4.66. The molecule has 6 heteroatoms. The van der Waals surface area contributed by atoms with E-state index in [1.165, 1.54) is 0 Å². The van der Waals surface area contributed by atoms with Crippen LogP contribution in [-0.2, 0) is 17.8 Å². The van der Waals surface area contributed by atoms with Crippen molar-refractivity contribution < 1.29 is 4.79 Å². The van der Waals surface area contributed by atoms with E-state index in [1.54, 1.807) is 0 Å². The lowest BCUT2D eigenvalue weighted by atomic mass is 10.2. The fraction of sp³-hybridized carbons (Fsp3) is 0.385. The Hall–Kier alpha value is -1.26. The Balaban J connectivity index is 2.36. The number of halogens is 2. The predicted octanol–water partition coefficient (Wildman–Crippen LogP) is 2.74. The fourth-order valence-corrected chi connectivity index (χ4v) is 2.56. The molecule has 1 amide bonds.